The highest BCUT2D eigenvalue weighted by atomic mass is 15.2. The first-order valence-electron chi connectivity index (χ1n) is 8.87. The molecular formula is C18H36N2. The molecule has 0 bridgehead atoms. The maximum absolute atomic E-state index is 6.14. The van der Waals surface area contributed by atoms with Crippen LogP contribution in [0.2, 0.25) is 0 Å². The fraction of sp³-hybridized carbons (Fsp3) is 1.00. The molecule has 118 valence electrons. The third kappa shape index (κ3) is 4.21. The van der Waals surface area contributed by atoms with Crippen molar-refractivity contribution in [2.75, 3.05) is 13.1 Å². The van der Waals surface area contributed by atoms with E-state index >= 15 is 0 Å². The van der Waals surface area contributed by atoms with Gasteiger partial charge in [0.25, 0.3) is 0 Å². The molecule has 0 radical (unpaired) electrons. The van der Waals surface area contributed by atoms with Gasteiger partial charge in [0, 0.05) is 18.6 Å². The molecule has 2 rings (SSSR count). The Kier molecular flexibility index (Phi) is 5.53. The first kappa shape index (κ1) is 16.3. The smallest absolute Gasteiger partial charge is 0.00954 e. The second-order valence-corrected chi connectivity index (χ2v) is 8.48. The summed E-state index contributed by atoms with van der Waals surface area (Å²) < 4.78 is 0. The molecule has 1 saturated heterocycles. The third-order valence-corrected chi connectivity index (χ3v) is 5.91. The number of hydrogen-bond donors (Lipinski definition) is 1. The predicted octanol–water partition coefficient (Wildman–Crippen LogP) is 4.04. The Morgan fingerprint density at radius 1 is 1.00 bits per heavy atom. The van der Waals surface area contributed by atoms with Crippen molar-refractivity contribution in [3.63, 3.8) is 0 Å². The fourth-order valence-corrected chi connectivity index (χ4v) is 4.31. The Labute approximate surface area is 126 Å². The number of rotatable bonds is 2. The maximum Gasteiger partial charge on any atom is 0.00954 e. The summed E-state index contributed by atoms with van der Waals surface area (Å²) in [6.45, 7) is 12.0. The van der Waals surface area contributed by atoms with Gasteiger partial charge in [0.15, 0.2) is 0 Å². The molecule has 0 aromatic rings. The summed E-state index contributed by atoms with van der Waals surface area (Å²) in [6, 6.07) is 1.20. The summed E-state index contributed by atoms with van der Waals surface area (Å²) in [5.41, 5.74) is 6.63. The molecule has 1 heterocycles. The van der Waals surface area contributed by atoms with E-state index in [-0.39, 0.29) is 0 Å². The second kappa shape index (κ2) is 6.79. The Morgan fingerprint density at radius 2 is 1.75 bits per heavy atom. The molecule has 2 N–H and O–H groups in total. The van der Waals surface area contributed by atoms with Gasteiger partial charge in [-0.1, -0.05) is 27.2 Å². The highest BCUT2D eigenvalue weighted by molar-refractivity contribution is 4.86. The highest BCUT2D eigenvalue weighted by Gasteiger charge is 2.32. The van der Waals surface area contributed by atoms with Gasteiger partial charge in [-0.25, -0.2) is 0 Å². The Balaban J connectivity index is 1.90. The van der Waals surface area contributed by atoms with Crippen LogP contribution in [0.15, 0.2) is 0 Å². The molecule has 2 nitrogen and oxygen atoms in total. The van der Waals surface area contributed by atoms with Crippen LogP contribution >= 0.6 is 0 Å². The van der Waals surface area contributed by atoms with Gasteiger partial charge in [-0.3, -0.25) is 0 Å². The standard InChI is InChI=1S/C18H36N2/c1-14(19)15-7-6-12-20(13-15)17-9-5-8-16(10-11-17)18(2,3)4/h14-17H,5-13,19H2,1-4H3. The van der Waals surface area contributed by atoms with E-state index in [2.05, 4.69) is 32.6 Å². The topological polar surface area (TPSA) is 29.3 Å². The molecule has 1 aliphatic carbocycles. The molecule has 4 atom stereocenters. The van der Waals surface area contributed by atoms with Gasteiger partial charge < -0.3 is 10.6 Å². The number of nitrogens with two attached hydrogens (primary N) is 1. The van der Waals surface area contributed by atoms with Crippen LogP contribution in [0.1, 0.15) is 72.6 Å². The van der Waals surface area contributed by atoms with Crippen molar-refractivity contribution in [3.05, 3.63) is 0 Å². The van der Waals surface area contributed by atoms with E-state index < -0.39 is 0 Å². The van der Waals surface area contributed by atoms with E-state index in [0.29, 0.717) is 11.5 Å². The molecule has 0 amide bonds. The highest BCUT2D eigenvalue weighted by Crippen LogP contribution is 2.38. The van der Waals surface area contributed by atoms with E-state index in [1.165, 1.54) is 58.0 Å². The summed E-state index contributed by atoms with van der Waals surface area (Å²) in [6.07, 6.45) is 9.80. The number of hydrogen-bond acceptors (Lipinski definition) is 2. The van der Waals surface area contributed by atoms with Crippen LogP contribution in [-0.2, 0) is 0 Å². The molecular weight excluding hydrogens is 244 g/mol. The lowest BCUT2D eigenvalue weighted by Crippen LogP contribution is -2.46. The van der Waals surface area contributed by atoms with Crippen LogP contribution in [0.3, 0.4) is 0 Å². The van der Waals surface area contributed by atoms with Crippen LogP contribution in [0, 0.1) is 17.3 Å². The van der Waals surface area contributed by atoms with Crippen molar-refractivity contribution in [2.45, 2.75) is 84.7 Å². The summed E-state index contributed by atoms with van der Waals surface area (Å²) in [7, 11) is 0. The van der Waals surface area contributed by atoms with Gasteiger partial charge in [0.1, 0.15) is 0 Å². The van der Waals surface area contributed by atoms with Crippen molar-refractivity contribution in [2.24, 2.45) is 23.0 Å². The molecule has 2 aliphatic rings. The Hall–Kier alpha value is -0.0800. The molecule has 4 unspecified atom stereocenters. The normalized spacial score (nSPS) is 35.5. The molecule has 2 heteroatoms. The zero-order valence-corrected chi connectivity index (χ0v) is 14.2. The summed E-state index contributed by atoms with van der Waals surface area (Å²) in [5, 5.41) is 0. The Morgan fingerprint density at radius 3 is 2.40 bits per heavy atom. The monoisotopic (exact) mass is 280 g/mol. The zero-order valence-electron chi connectivity index (χ0n) is 14.2. The van der Waals surface area contributed by atoms with Crippen LogP contribution in [0.25, 0.3) is 0 Å². The lowest BCUT2D eigenvalue weighted by atomic mass is 9.76. The van der Waals surface area contributed by atoms with E-state index in [0.717, 1.165) is 17.9 Å². The van der Waals surface area contributed by atoms with Crippen molar-refractivity contribution < 1.29 is 0 Å². The minimum atomic E-state index is 0.367. The molecule has 2 fully saturated rings. The van der Waals surface area contributed by atoms with E-state index in [9.17, 15) is 0 Å². The summed E-state index contributed by atoms with van der Waals surface area (Å²) in [5.74, 6) is 1.65. The van der Waals surface area contributed by atoms with E-state index in [1.54, 1.807) is 0 Å². The quantitative estimate of drug-likeness (QED) is 0.774. The number of nitrogens with zero attached hydrogens (tertiary/aromatic N) is 1. The molecule has 0 aromatic heterocycles. The Bertz CT molecular complexity index is 292. The third-order valence-electron chi connectivity index (χ3n) is 5.91. The van der Waals surface area contributed by atoms with E-state index in [1.807, 2.05) is 0 Å². The predicted molar refractivity (Wildman–Crippen MR) is 87.8 cm³/mol. The number of piperidine rings is 1. The summed E-state index contributed by atoms with van der Waals surface area (Å²) in [4.78, 5) is 2.78. The van der Waals surface area contributed by atoms with Crippen molar-refractivity contribution in [1.82, 2.24) is 4.90 Å². The van der Waals surface area contributed by atoms with Gasteiger partial charge in [-0.05, 0) is 69.2 Å². The van der Waals surface area contributed by atoms with Gasteiger partial charge in [-0.15, -0.1) is 0 Å². The first-order chi connectivity index (χ1) is 9.38. The van der Waals surface area contributed by atoms with Crippen LogP contribution in [0.5, 0.6) is 0 Å². The molecule has 0 aromatic carbocycles. The lowest BCUT2D eigenvalue weighted by molar-refractivity contribution is 0.102. The van der Waals surface area contributed by atoms with Crippen LogP contribution < -0.4 is 5.73 Å². The lowest BCUT2D eigenvalue weighted by Gasteiger charge is -2.39. The molecule has 1 aliphatic heterocycles. The van der Waals surface area contributed by atoms with Crippen LogP contribution in [0.4, 0.5) is 0 Å². The van der Waals surface area contributed by atoms with Gasteiger partial charge >= 0.3 is 0 Å². The zero-order chi connectivity index (χ0) is 14.8. The van der Waals surface area contributed by atoms with Gasteiger partial charge in [0.05, 0.1) is 0 Å². The molecule has 0 spiro atoms. The first-order valence-corrected chi connectivity index (χ1v) is 8.87. The SMILES string of the molecule is CC(N)C1CCCN(C2CCCC(C(C)(C)C)CC2)C1. The minimum Gasteiger partial charge on any atom is -0.328 e. The molecule has 1 saturated carbocycles. The van der Waals surface area contributed by atoms with Crippen molar-refractivity contribution in [1.29, 1.82) is 0 Å². The van der Waals surface area contributed by atoms with Crippen molar-refractivity contribution in [3.8, 4) is 0 Å². The minimum absolute atomic E-state index is 0.367. The van der Waals surface area contributed by atoms with Gasteiger partial charge in [0.2, 0.25) is 0 Å². The van der Waals surface area contributed by atoms with Crippen LogP contribution in [-0.4, -0.2) is 30.1 Å². The fourth-order valence-electron chi connectivity index (χ4n) is 4.31. The second-order valence-electron chi connectivity index (χ2n) is 8.48. The number of likely N-dealkylation sites (tertiary alicyclic amines) is 1. The summed E-state index contributed by atoms with van der Waals surface area (Å²) >= 11 is 0. The van der Waals surface area contributed by atoms with Crippen molar-refractivity contribution >= 4 is 0 Å². The molecule has 20 heavy (non-hydrogen) atoms. The average molecular weight is 280 g/mol. The largest absolute Gasteiger partial charge is 0.328 e. The average Bonchev–Trinajstić information content (AvgIpc) is 2.64. The van der Waals surface area contributed by atoms with E-state index in [4.69, 9.17) is 5.73 Å². The maximum atomic E-state index is 6.14. The van der Waals surface area contributed by atoms with Gasteiger partial charge in [-0.2, -0.15) is 0 Å².